The fourth-order valence-electron chi connectivity index (χ4n) is 2.15. The summed E-state index contributed by atoms with van der Waals surface area (Å²) in [4.78, 5) is 8.28. The molecule has 25 heavy (non-hydrogen) atoms. The predicted molar refractivity (Wildman–Crippen MR) is 103 cm³/mol. The van der Waals surface area contributed by atoms with Crippen LogP contribution in [-0.4, -0.2) is 15.1 Å². The van der Waals surface area contributed by atoms with Crippen molar-refractivity contribution in [3.8, 4) is 5.75 Å². The molecule has 0 saturated carbocycles. The van der Waals surface area contributed by atoms with Gasteiger partial charge >= 0.3 is 0 Å². The first kappa shape index (κ1) is 18.7. The molecule has 0 aliphatic heterocycles. The summed E-state index contributed by atoms with van der Waals surface area (Å²) < 4.78 is 0. The maximum atomic E-state index is 10.5. The minimum atomic E-state index is -0.0480. The topological polar surface area (TPSA) is 85.7 Å². The molecule has 0 aliphatic rings. The van der Waals surface area contributed by atoms with E-state index in [-0.39, 0.29) is 5.75 Å². The number of nitrogens with one attached hydrogen (secondary N) is 1. The summed E-state index contributed by atoms with van der Waals surface area (Å²) >= 11 is 6.21. The van der Waals surface area contributed by atoms with E-state index in [4.69, 9.17) is 11.6 Å². The van der Waals surface area contributed by atoms with E-state index >= 15 is 0 Å². The van der Waals surface area contributed by atoms with E-state index in [2.05, 4.69) is 27.6 Å². The molecule has 0 atom stereocenters. The Morgan fingerprint density at radius 2 is 2.08 bits per heavy atom. The lowest BCUT2D eigenvalue weighted by atomic mass is 10.1. The zero-order valence-corrected chi connectivity index (χ0v) is 15.1. The molecule has 0 fully saturated rings. The van der Waals surface area contributed by atoms with Gasteiger partial charge in [0.15, 0.2) is 11.6 Å². The third kappa shape index (κ3) is 4.68. The van der Waals surface area contributed by atoms with E-state index in [0.29, 0.717) is 28.7 Å². The second-order valence-electron chi connectivity index (χ2n) is 5.67. The summed E-state index contributed by atoms with van der Waals surface area (Å²) in [6.07, 6.45) is 6.82. The summed E-state index contributed by atoms with van der Waals surface area (Å²) in [6, 6.07) is 5.53. The highest BCUT2D eigenvalue weighted by Crippen LogP contribution is 2.32. The first-order valence-corrected chi connectivity index (χ1v) is 8.20. The van der Waals surface area contributed by atoms with Gasteiger partial charge in [-0.05, 0) is 32.0 Å². The Kier molecular flexibility index (Phi) is 6.33. The average molecular weight is 358 g/mol. The molecule has 1 heterocycles. The van der Waals surface area contributed by atoms with Gasteiger partial charge in [0.1, 0.15) is 18.6 Å². The second kappa shape index (κ2) is 8.46. The second-order valence-corrected chi connectivity index (χ2v) is 6.08. The van der Waals surface area contributed by atoms with Crippen molar-refractivity contribution in [2.75, 3.05) is 5.32 Å². The van der Waals surface area contributed by atoms with Crippen LogP contribution in [-0.2, 0) is 6.54 Å². The van der Waals surface area contributed by atoms with Crippen molar-refractivity contribution in [2.45, 2.75) is 20.4 Å². The van der Waals surface area contributed by atoms with Crippen molar-refractivity contribution in [3.05, 3.63) is 71.2 Å². The number of anilines is 2. The van der Waals surface area contributed by atoms with E-state index < -0.39 is 0 Å². The summed E-state index contributed by atoms with van der Waals surface area (Å²) in [7, 11) is 0. The van der Waals surface area contributed by atoms with E-state index in [0.717, 1.165) is 16.8 Å². The maximum absolute atomic E-state index is 10.5. The number of nitrogens with zero attached hydrogens (tertiary/aromatic N) is 2. The lowest BCUT2D eigenvalue weighted by molar-refractivity contribution is -0.386. The Hall–Kier alpha value is -2.63. The minimum absolute atomic E-state index is 0.0480. The first-order valence-electron chi connectivity index (χ1n) is 7.83. The summed E-state index contributed by atoms with van der Waals surface area (Å²) in [5.41, 5.74) is 7.75. The Morgan fingerprint density at radius 1 is 1.32 bits per heavy atom. The molecule has 0 unspecified atom stereocenters. The van der Waals surface area contributed by atoms with Gasteiger partial charge in [-0.25, -0.2) is 9.97 Å². The predicted octanol–water partition coefficient (Wildman–Crippen LogP) is 3.86. The Balaban J connectivity index is 2.38. The summed E-state index contributed by atoms with van der Waals surface area (Å²) in [6.45, 7) is 8.38. The molecule has 5 N–H and O–H groups in total. The highest BCUT2D eigenvalue weighted by molar-refractivity contribution is 6.31. The van der Waals surface area contributed by atoms with Crippen molar-refractivity contribution in [3.63, 3.8) is 0 Å². The molecular formula is C19H22ClN4O+. The van der Waals surface area contributed by atoms with Crippen LogP contribution in [0.5, 0.6) is 5.75 Å². The number of aromatic nitrogens is 2. The van der Waals surface area contributed by atoms with Gasteiger partial charge in [0.25, 0.3) is 0 Å². The Morgan fingerprint density at radius 3 is 2.68 bits per heavy atom. The van der Waals surface area contributed by atoms with Gasteiger partial charge in [-0.2, -0.15) is 0 Å². The summed E-state index contributed by atoms with van der Waals surface area (Å²) in [5.74, 6) is 0.251. The largest absolute Gasteiger partial charge is 0.503 e. The maximum Gasteiger partial charge on any atom is 0.185 e. The number of halogens is 1. The van der Waals surface area contributed by atoms with Gasteiger partial charge in [-0.3, -0.25) is 0 Å². The molecule has 0 aliphatic carbocycles. The molecule has 2 aromatic rings. The van der Waals surface area contributed by atoms with E-state index in [1.54, 1.807) is 12.1 Å². The number of benzene rings is 1. The lowest BCUT2D eigenvalue weighted by Gasteiger charge is -2.11. The van der Waals surface area contributed by atoms with Gasteiger partial charge in [-0.15, -0.1) is 0 Å². The monoisotopic (exact) mass is 357 g/mol. The normalized spacial score (nSPS) is 11.1. The number of rotatable bonds is 6. The number of hydrogen-bond acceptors (Lipinski definition) is 4. The van der Waals surface area contributed by atoms with Crippen molar-refractivity contribution < 1.29 is 10.8 Å². The van der Waals surface area contributed by atoms with Crippen LogP contribution in [0, 0.1) is 0 Å². The zero-order valence-electron chi connectivity index (χ0n) is 14.4. The summed E-state index contributed by atoms with van der Waals surface area (Å²) in [5, 5.41) is 14.2. The van der Waals surface area contributed by atoms with Gasteiger partial charge in [0, 0.05) is 16.8 Å². The van der Waals surface area contributed by atoms with Crippen LogP contribution in [0.3, 0.4) is 0 Å². The highest BCUT2D eigenvalue weighted by Gasteiger charge is 2.13. The quantitative estimate of drug-likeness (QED) is 0.685. The Bertz CT molecular complexity index is 839. The number of allylic oxidation sites excluding steroid dienone is 5. The van der Waals surface area contributed by atoms with E-state index in [9.17, 15) is 5.11 Å². The van der Waals surface area contributed by atoms with Gasteiger partial charge < -0.3 is 16.2 Å². The van der Waals surface area contributed by atoms with Crippen LogP contribution in [0.25, 0.3) is 5.57 Å². The highest BCUT2D eigenvalue weighted by atomic mass is 35.5. The van der Waals surface area contributed by atoms with Crippen molar-refractivity contribution in [2.24, 2.45) is 0 Å². The van der Waals surface area contributed by atoms with Crippen molar-refractivity contribution >= 4 is 28.7 Å². The van der Waals surface area contributed by atoms with Crippen molar-refractivity contribution in [1.82, 2.24) is 9.97 Å². The molecule has 0 bridgehead atoms. The van der Waals surface area contributed by atoms with Crippen LogP contribution < -0.4 is 11.1 Å². The van der Waals surface area contributed by atoms with Gasteiger partial charge in [0.2, 0.25) is 0 Å². The number of quaternary nitrogens is 1. The molecule has 1 aromatic carbocycles. The molecule has 0 spiro atoms. The zero-order chi connectivity index (χ0) is 18.4. The molecule has 5 nitrogen and oxygen atoms in total. The van der Waals surface area contributed by atoms with Crippen LogP contribution in [0.1, 0.15) is 25.1 Å². The molecule has 0 radical (unpaired) electrons. The molecule has 6 heteroatoms. The average Bonchev–Trinajstić information content (AvgIpc) is 2.58. The fourth-order valence-corrected chi connectivity index (χ4v) is 2.42. The third-order valence-electron chi connectivity index (χ3n) is 3.50. The van der Waals surface area contributed by atoms with Crippen molar-refractivity contribution in [1.29, 1.82) is 0 Å². The minimum Gasteiger partial charge on any atom is -0.503 e. The molecule has 0 amide bonds. The van der Waals surface area contributed by atoms with E-state index in [1.807, 2.05) is 38.1 Å². The van der Waals surface area contributed by atoms with Crippen LogP contribution in [0.15, 0.2) is 54.9 Å². The molecule has 2 rings (SSSR count). The first-order chi connectivity index (χ1) is 12.0. The van der Waals surface area contributed by atoms with E-state index in [1.165, 1.54) is 6.33 Å². The van der Waals surface area contributed by atoms with Gasteiger partial charge in [-0.1, -0.05) is 42.0 Å². The Labute approximate surface area is 152 Å². The molecule has 0 saturated heterocycles. The third-order valence-corrected chi connectivity index (χ3v) is 3.85. The number of aromatic hydroxyl groups is 1. The molecule has 130 valence electrons. The molecule has 1 aromatic heterocycles. The number of hydrogen-bond donors (Lipinski definition) is 3. The SMILES string of the molecule is C=C/C(=C\C=C(C)C)c1ncnc(Nc2ccc(C[NH3+])c(Cl)c2)c1O. The van der Waals surface area contributed by atoms with Crippen LogP contribution in [0.4, 0.5) is 11.5 Å². The van der Waals surface area contributed by atoms with Crippen LogP contribution in [0.2, 0.25) is 5.02 Å². The van der Waals surface area contributed by atoms with Gasteiger partial charge in [0.05, 0.1) is 5.02 Å². The fraction of sp³-hybridized carbons (Fsp3) is 0.158. The lowest BCUT2D eigenvalue weighted by Crippen LogP contribution is -2.47. The van der Waals surface area contributed by atoms with Crippen LogP contribution >= 0.6 is 11.6 Å². The molecular weight excluding hydrogens is 336 g/mol. The standard InChI is InChI=1S/C19H21ClN4O/c1-4-13(6-5-12(2)3)17-18(25)19(23-11-22-17)24-15-8-7-14(10-21)16(20)9-15/h4-9,11,25H,1,10,21H2,2-3H3,(H,22,23,24)/p+1/b13-6+. The smallest absolute Gasteiger partial charge is 0.185 e.